The smallest absolute Gasteiger partial charge is 0.325 e. The highest BCUT2D eigenvalue weighted by Gasteiger charge is 2.11. The number of imide groups is 1. The van der Waals surface area contributed by atoms with Crippen LogP contribution in [0.5, 0.6) is 0 Å². The van der Waals surface area contributed by atoms with Crippen molar-refractivity contribution in [1.82, 2.24) is 5.32 Å². The lowest BCUT2D eigenvalue weighted by molar-refractivity contribution is -0.137. The number of hydrogen-bond acceptors (Lipinski definition) is 4. The second kappa shape index (κ2) is 7.87. The van der Waals surface area contributed by atoms with Gasteiger partial charge in [-0.2, -0.15) is 5.26 Å². The first-order valence-electron chi connectivity index (χ1n) is 5.94. The van der Waals surface area contributed by atoms with Gasteiger partial charge >= 0.3 is 12.0 Å². The van der Waals surface area contributed by atoms with Crippen LogP contribution in [0.2, 0.25) is 5.02 Å². The summed E-state index contributed by atoms with van der Waals surface area (Å²) in [7, 11) is 0. The van der Waals surface area contributed by atoms with E-state index in [9.17, 15) is 14.4 Å². The number of carboxylic acid groups (broad SMARTS) is 1. The summed E-state index contributed by atoms with van der Waals surface area (Å²) >= 11 is 5.85. The summed E-state index contributed by atoms with van der Waals surface area (Å²) in [4.78, 5) is 33.2. The molecule has 1 aromatic carbocycles. The van der Waals surface area contributed by atoms with Gasteiger partial charge in [-0.1, -0.05) is 11.6 Å². The molecule has 0 spiro atoms. The Morgan fingerprint density at radius 1 is 1.29 bits per heavy atom. The molecule has 0 saturated heterocycles. The number of hydrogen-bond donors (Lipinski definition) is 3. The van der Waals surface area contributed by atoms with Gasteiger partial charge in [0.1, 0.15) is 0 Å². The number of carbonyl (C=O) groups excluding carboxylic acids is 2. The van der Waals surface area contributed by atoms with Crippen molar-refractivity contribution >= 4 is 35.2 Å². The summed E-state index contributed by atoms with van der Waals surface area (Å²) in [5, 5.41) is 21.8. The highest BCUT2D eigenvalue weighted by atomic mass is 35.5. The summed E-state index contributed by atoms with van der Waals surface area (Å²) in [5.41, 5.74) is 0.508. The molecule has 1 aromatic rings. The number of carboxylic acids is 1. The van der Waals surface area contributed by atoms with Crippen LogP contribution in [0.1, 0.15) is 24.8 Å². The maximum atomic E-state index is 11.6. The third-order valence-electron chi connectivity index (χ3n) is 2.39. The van der Waals surface area contributed by atoms with E-state index in [0.717, 1.165) is 0 Å². The average Bonchev–Trinajstić information content (AvgIpc) is 2.40. The fraction of sp³-hybridized carbons (Fsp3) is 0.231. The Kier molecular flexibility index (Phi) is 6.17. The third kappa shape index (κ3) is 5.93. The summed E-state index contributed by atoms with van der Waals surface area (Å²) in [5.74, 6) is -1.60. The van der Waals surface area contributed by atoms with Gasteiger partial charge in [0.25, 0.3) is 0 Å². The second-order valence-electron chi connectivity index (χ2n) is 4.06. The molecule has 0 aliphatic carbocycles. The minimum atomic E-state index is -1.01. The van der Waals surface area contributed by atoms with Crippen molar-refractivity contribution in [2.24, 2.45) is 0 Å². The van der Waals surface area contributed by atoms with Gasteiger partial charge in [0.2, 0.25) is 5.91 Å². The minimum absolute atomic E-state index is 0.0777. The van der Waals surface area contributed by atoms with Gasteiger partial charge in [-0.15, -0.1) is 0 Å². The molecule has 0 aliphatic heterocycles. The SMILES string of the molecule is N#Cc1ccc(Cl)c(NC(=O)NC(=O)CCCC(=O)O)c1. The maximum Gasteiger partial charge on any atom is 0.325 e. The fourth-order valence-corrected chi connectivity index (χ4v) is 1.60. The van der Waals surface area contributed by atoms with Gasteiger partial charge < -0.3 is 10.4 Å². The van der Waals surface area contributed by atoms with E-state index < -0.39 is 17.9 Å². The number of nitrogens with zero attached hydrogens (tertiary/aromatic N) is 1. The quantitative estimate of drug-likeness (QED) is 0.769. The van der Waals surface area contributed by atoms with Crippen LogP contribution in [0.3, 0.4) is 0 Å². The van der Waals surface area contributed by atoms with Crippen LogP contribution in [0.25, 0.3) is 0 Å². The van der Waals surface area contributed by atoms with Crippen LogP contribution in [0, 0.1) is 11.3 Å². The Balaban J connectivity index is 2.52. The van der Waals surface area contributed by atoms with E-state index in [1.807, 2.05) is 11.4 Å². The molecule has 110 valence electrons. The maximum absolute atomic E-state index is 11.6. The first-order valence-corrected chi connectivity index (χ1v) is 6.32. The molecule has 1 rings (SSSR count). The number of nitrogens with one attached hydrogen (secondary N) is 2. The number of anilines is 1. The number of carbonyl (C=O) groups is 3. The van der Waals surface area contributed by atoms with Crippen LogP contribution < -0.4 is 10.6 Å². The first-order chi connectivity index (χ1) is 9.92. The molecule has 0 heterocycles. The van der Waals surface area contributed by atoms with Crippen LogP contribution in [-0.2, 0) is 9.59 Å². The number of benzene rings is 1. The number of urea groups is 1. The normalized spacial score (nSPS) is 9.52. The van der Waals surface area contributed by atoms with E-state index in [-0.39, 0.29) is 30.0 Å². The third-order valence-corrected chi connectivity index (χ3v) is 2.72. The lowest BCUT2D eigenvalue weighted by Crippen LogP contribution is -2.34. The van der Waals surface area contributed by atoms with Crippen molar-refractivity contribution in [3.63, 3.8) is 0 Å². The lowest BCUT2D eigenvalue weighted by Gasteiger charge is -2.08. The standard InChI is InChI=1S/C13H12ClN3O4/c14-9-5-4-8(7-15)6-10(9)16-13(21)17-11(18)2-1-3-12(19)20/h4-6H,1-3H2,(H,19,20)(H2,16,17,18,21). The molecule has 0 atom stereocenters. The predicted molar refractivity (Wildman–Crippen MR) is 74.8 cm³/mol. The number of amides is 3. The largest absolute Gasteiger partial charge is 0.481 e. The molecular weight excluding hydrogens is 298 g/mol. The van der Waals surface area contributed by atoms with E-state index in [0.29, 0.717) is 5.56 Å². The molecule has 8 heteroatoms. The van der Waals surface area contributed by atoms with Gasteiger partial charge in [0.15, 0.2) is 0 Å². The molecule has 0 unspecified atom stereocenters. The van der Waals surface area contributed by atoms with Gasteiger partial charge in [-0.05, 0) is 24.6 Å². The Morgan fingerprint density at radius 3 is 2.62 bits per heavy atom. The number of halogens is 1. The zero-order valence-electron chi connectivity index (χ0n) is 10.9. The molecule has 7 nitrogen and oxygen atoms in total. The van der Waals surface area contributed by atoms with Crippen molar-refractivity contribution in [3.8, 4) is 6.07 Å². The van der Waals surface area contributed by atoms with Crippen molar-refractivity contribution in [2.45, 2.75) is 19.3 Å². The molecule has 21 heavy (non-hydrogen) atoms. The molecule has 0 aromatic heterocycles. The van der Waals surface area contributed by atoms with Crippen LogP contribution in [-0.4, -0.2) is 23.0 Å². The van der Waals surface area contributed by atoms with Crippen LogP contribution in [0.4, 0.5) is 10.5 Å². The minimum Gasteiger partial charge on any atom is -0.481 e. The van der Waals surface area contributed by atoms with Crippen molar-refractivity contribution in [1.29, 1.82) is 5.26 Å². The Morgan fingerprint density at radius 2 is 2.00 bits per heavy atom. The zero-order chi connectivity index (χ0) is 15.8. The second-order valence-corrected chi connectivity index (χ2v) is 4.46. The Hall–Kier alpha value is -2.59. The molecule has 3 amide bonds. The summed E-state index contributed by atoms with van der Waals surface area (Å²) < 4.78 is 0. The molecular formula is C13H12ClN3O4. The number of rotatable bonds is 5. The topological polar surface area (TPSA) is 119 Å². The van der Waals surface area contributed by atoms with E-state index in [2.05, 4.69) is 5.32 Å². The monoisotopic (exact) mass is 309 g/mol. The summed E-state index contributed by atoms with van der Waals surface area (Å²) in [6.45, 7) is 0. The Bertz CT molecular complexity index is 610. The highest BCUT2D eigenvalue weighted by molar-refractivity contribution is 6.33. The molecule has 0 fully saturated rings. The summed E-state index contributed by atoms with van der Waals surface area (Å²) in [6, 6.07) is 5.40. The molecule has 0 bridgehead atoms. The van der Waals surface area contributed by atoms with Crippen molar-refractivity contribution < 1.29 is 19.5 Å². The van der Waals surface area contributed by atoms with E-state index >= 15 is 0 Å². The molecule has 0 saturated carbocycles. The first kappa shape index (κ1) is 16.5. The van der Waals surface area contributed by atoms with Crippen molar-refractivity contribution in [3.05, 3.63) is 28.8 Å². The van der Waals surface area contributed by atoms with Gasteiger partial charge in [-0.3, -0.25) is 14.9 Å². The molecule has 3 N–H and O–H groups in total. The van der Waals surface area contributed by atoms with Crippen LogP contribution >= 0.6 is 11.6 Å². The van der Waals surface area contributed by atoms with Gasteiger partial charge in [-0.25, -0.2) is 4.79 Å². The predicted octanol–water partition coefficient (Wildman–Crippen LogP) is 2.11. The average molecular weight is 310 g/mol. The zero-order valence-corrected chi connectivity index (χ0v) is 11.6. The highest BCUT2D eigenvalue weighted by Crippen LogP contribution is 2.22. The number of nitriles is 1. The molecule has 0 radical (unpaired) electrons. The fourth-order valence-electron chi connectivity index (χ4n) is 1.43. The van der Waals surface area contributed by atoms with Gasteiger partial charge in [0, 0.05) is 12.8 Å². The Labute approximate surface area is 125 Å². The van der Waals surface area contributed by atoms with Crippen LogP contribution in [0.15, 0.2) is 18.2 Å². The van der Waals surface area contributed by atoms with E-state index in [1.165, 1.54) is 18.2 Å². The van der Waals surface area contributed by atoms with Crippen molar-refractivity contribution in [2.75, 3.05) is 5.32 Å². The lowest BCUT2D eigenvalue weighted by atomic mass is 10.2. The summed E-state index contributed by atoms with van der Waals surface area (Å²) in [6.07, 6.45) is -0.0874. The van der Waals surface area contributed by atoms with Gasteiger partial charge in [0.05, 0.1) is 22.3 Å². The molecule has 0 aliphatic rings. The van der Waals surface area contributed by atoms with E-state index in [4.69, 9.17) is 22.0 Å². The van der Waals surface area contributed by atoms with E-state index in [1.54, 1.807) is 0 Å². The number of aliphatic carboxylic acids is 1.